The van der Waals surface area contributed by atoms with Crippen LogP contribution >= 0.6 is 11.3 Å². The van der Waals surface area contributed by atoms with Gasteiger partial charge in [-0.2, -0.15) is 0 Å². The lowest BCUT2D eigenvalue weighted by Crippen LogP contribution is -1.96. The van der Waals surface area contributed by atoms with Crippen molar-refractivity contribution in [3.63, 3.8) is 0 Å². The van der Waals surface area contributed by atoms with Gasteiger partial charge in [-0.15, -0.1) is 11.3 Å². The van der Waals surface area contributed by atoms with Gasteiger partial charge in [0.15, 0.2) is 15.3 Å². The molecule has 3 aromatic heterocycles. The minimum Gasteiger partial charge on any atom is -0.306 e. The van der Waals surface area contributed by atoms with Crippen LogP contribution in [0.3, 0.4) is 0 Å². The summed E-state index contributed by atoms with van der Waals surface area (Å²) in [6.45, 7) is 0. The molecule has 1 aromatic carbocycles. The van der Waals surface area contributed by atoms with Crippen LogP contribution in [-0.2, 0) is 9.84 Å². The molecule has 1 radical (unpaired) electrons. The summed E-state index contributed by atoms with van der Waals surface area (Å²) in [6.07, 6.45) is 5.09. The van der Waals surface area contributed by atoms with E-state index in [9.17, 15) is 8.42 Å². The fourth-order valence-corrected chi connectivity index (χ4v) is 3.61. The maximum absolute atomic E-state index is 11.5. The van der Waals surface area contributed by atoms with Gasteiger partial charge in [-0.25, -0.2) is 18.4 Å². The Morgan fingerprint density at radius 3 is 2.42 bits per heavy atom. The Morgan fingerprint density at radius 2 is 1.75 bits per heavy atom. The molecule has 0 amide bonds. The number of aromatic nitrogens is 3. The van der Waals surface area contributed by atoms with Gasteiger partial charge < -0.3 is 4.40 Å². The zero-order chi connectivity index (χ0) is 16.7. The third-order valence-electron chi connectivity index (χ3n) is 3.71. The van der Waals surface area contributed by atoms with Crippen molar-refractivity contribution < 1.29 is 8.42 Å². The molecule has 4 aromatic rings. The van der Waals surface area contributed by atoms with Crippen LogP contribution in [0.1, 0.15) is 0 Å². The summed E-state index contributed by atoms with van der Waals surface area (Å²) in [5.74, 6) is 0. The highest BCUT2D eigenvalue weighted by Gasteiger charge is 2.10. The second-order valence-corrected chi connectivity index (χ2v) is 8.10. The number of pyridine rings is 1. The molecule has 0 saturated heterocycles. The number of rotatable bonds is 3. The summed E-state index contributed by atoms with van der Waals surface area (Å²) in [4.78, 5) is 9.08. The summed E-state index contributed by atoms with van der Waals surface area (Å²) in [6, 6.07) is 10.7. The van der Waals surface area contributed by atoms with E-state index in [1.807, 2.05) is 34.3 Å². The molecule has 0 atom stereocenters. The Balaban J connectivity index is 1.75. The molecule has 0 fully saturated rings. The standard InChI is InChI=1S/C17H12N3O2S2/c1-24(21,22)14-5-2-12(3-6-14)15-9-20-8-13(4-7-17(20)19-15)16-10-23-11-18-16/h2-10H,1H3. The van der Waals surface area contributed by atoms with Gasteiger partial charge in [0.05, 0.1) is 16.3 Å². The summed E-state index contributed by atoms with van der Waals surface area (Å²) in [7, 11) is -3.19. The second-order valence-electron chi connectivity index (χ2n) is 5.43. The molecular weight excluding hydrogens is 342 g/mol. The van der Waals surface area contributed by atoms with Crippen molar-refractivity contribution in [3.05, 3.63) is 59.7 Å². The monoisotopic (exact) mass is 354 g/mol. The molecule has 24 heavy (non-hydrogen) atoms. The molecule has 0 aliphatic rings. The minimum absolute atomic E-state index is 0.303. The van der Waals surface area contributed by atoms with Gasteiger partial charge in [-0.05, 0) is 24.3 Å². The highest BCUT2D eigenvalue weighted by Crippen LogP contribution is 2.24. The molecular formula is C17H12N3O2S2. The molecule has 5 nitrogen and oxygen atoms in total. The van der Waals surface area contributed by atoms with E-state index in [0.29, 0.717) is 4.90 Å². The van der Waals surface area contributed by atoms with Crippen LogP contribution in [0.5, 0.6) is 0 Å². The number of fused-ring (bicyclic) bond motifs is 1. The maximum Gasteiger partial charge on any atom is 0.175 e. The van der Waals surface area contributed by atoms with E-state index in [2.05, 4.69) is 15.5 Å². The quantitative estimate of drug-likeness (QED) is 0.566. The first-order valence-corrected chi connectivity index (χ1v) is 9.89. The Kier molecular flexibility index (Phi) is 3.47. The van der Waals surface area contributed by atoms with E-state index >= 15 is 0 Å². The highest BCUT2D eigenvalue weighted by molar-refractivity contribution is 7.90. The third-order valence-corrected chi connectivity index (χ3v) is 5.38. The minimum atomic E-state index is -3.19. The van der Waals surface area contributed by atoms with Gasteiger partial charge in [0.25, 0.3) is 0 Å². The number of hydrogen-bond acceptors (Lipinski definition) is 5. The summed E-state index contributed by atoms with van der Waals surface area (Å²) in [5.41, 5.74) is 7.20. The zero-order valence-electron chi connectivity index (χ0n) is 12.7. The van der Waals surface area contributed by atoms with Gasteiger partial charge in [0.1, 0.15) is 5.65 Å². The van der Waals surface area contributed by atoms with E-state index in [-0.39, 0.29) is 0 Å². The van der Waals surface area contributed by atoms with Crippen LogP contribution in [0.2, 0.25) is 0 Å². The van der Waals surface area contributed by atoms with E-state index in [1.54, 1.807) is 24.3 Å². The number of sulfone groups is 1. The summed E-state index contributed by atoms with van der Waals surface area (Å²) in [5, 5.41) is 1.95. The lowest BCUT2D eigenvalue weighted by molar-refractivity contribution is 0.602. The zero-order valence-corrected chi connectivity index (χ0v) is 14.3. The fourth-order valence-electron chi connectivity index (χ4n) is 2.47. The van der Waals surface area contributed by atoms with Crippen LogP contribution in [0, 0.1) is 5.51 Å². The Hall–Kier alpha value is -2.51. The van der Waals surface area contributed by atoms with Gasteiger partial charge in [0, 0.05) is 35.2 Å². The van der Waals surface area contributed by atoms with Crippen molar-refractivity contribution in [2.45, 2.75) is 4.90 Å². The number of nitrogens with zero attached hydrogens (tertiary/aromatic N) is 3. The van der Waals surface area contributed by atoms with Crippen LogP contribution in [0.15, 0.2) is 59.1 Å². The predicted molar refractivity (Wildman–Crippen MR) is 93.7 cm³/mol. The Morgan fingerprint density at radius 1 is 1.00 bits per heavy atom. The van der Waals surface area contributed by atoms with Crippen molar-refractivity contribution in [3.8, 4) is 22.5 Å². The molecule has 0 spiro atoms. The predicted octanol–water partition coefficient (Wildman–Crippen LogP) is 3.33. The van der Waals surface area contributed by atoms with Crippen molar-refractivity contribution in [2.75, 3.05) is 6.26 Å². The Bertz CT molecular complexity index is 1110. The lowest BCUT2D eigenvalue weighted by atomic mass is 10.2. The van der Waals surface area contributed by atoms with Crippen LogP contribution < -0.4 is 0 Å². The molecule has 0 aliphatic heterocycles. The van der Waals surface area contributed by atoms with Crippen LogP contribution in [0.4, 0.5) is 0 Å². The smallest absolute Gasteiger partial charge is 0.175 e. The lowest BCUT2D eigenvalue weighted by Gasteiger charge is -1.99. The van der Waals surface area contributed by atoms with Gasteiger partial charge in [0.2, 0.25) is 0 Å². The number of imidazole rings is 1. The molecule has 3 heterocycles. The SMILES string of the molecule is CS(=O)(=O)c1ccc(-c2cn3cc(-c4cs[c]n4)ccc3n2)cc1. The van der Waals surface area contributed by atoms with Gasteiger partial charge in [-0.3, -0.25) is 0 Å². The molecule has 119 valence electrons. The molecule has 7 heteroatoms. The third kappa shape index (κ3) is 2.72. The number of thiazole rings is 1. The molecule has 0 aliphatic carbocycles. The highest BCUT2D eigenvalue weighted by atomic mass is 32.2. The maximum atomic E-state index is 11.5. The van der Waals surface area contributed by atoms with E-state index in [0.717, 1.165) is 28.2 Å². The van der Waals surface area contributed by atoms with Crippen LogP contribution in [-0.4, -0.2) is 29.0 Å². The molecule has 0 N–H and O–H groups in total. The van der Waals surface area contributed by atoms with Gasteiger partial charge in [-0.1, -0.05) is 12.1 Å². The van der Waals surface area contributed by atoms with Crippen molar-refractivity contribution >= 4 is 26.8 Å². The Labute approximate surface area is 143 Å². The van der Waals surface area contributed by atoms with Crippen molar-refractivity contribution in [2.24, 2.45) is 0 Å². The largest absolute Gasteiger partial charge is 0.306 e. The number of benzene rings is 1. The molecule has 4 rings (SSSR count). The normalized spacial score (nSPS) is 11.9. The van der Waals surface area contributed by atoms with Crippen molar-refractivity contribution in [1.29, 1.82) is 0 Å². The van der Waals surface area contributed by atoms with Gasteiger partial charge >= 0.3 is 0 Å². The second kappa shape index (κ2) is 5.54. The number of hydrogen-bond donors (Lipinski definition) is 0. The van der Waals surface area contributed by atoms with Crippen molar-refractivity contribution in [1.82, 2.24) is 14.4 Å². The van der Waals surface area contributed by atoms with E-state index in [4.69, 9.17) is 0 Å². The van der Waals surface area contributed by atoms with E-state index < -0.39 is 9.84 Å². The molecule has 0 unspecified atom stereocenters. The topological polar surface area (TPSA) is 64.3 Å². The first-order chi connectivity index (χ1) is 11.5. The van der Waals surface area contributed by atoms with E-state index in [1.165, 1.54) is 17.6 Å². The average molecular weight is 354 g/mol. The van der Waals surface area contributed by atoms with Crippen LogP contribution in [0.25, 0.3) is 28.2 Å². The first kappa shape index (κ1) is 15.0. The molecule has 0 saturated carbocycles. The fraction of sp³-hybridized carbons (Fsp3) is 0.0588. The average Bonchev–Trinajstić information content (AvgIpc) is 3.23. The summed E-state index contributed by atoms with van der Waals surface area (Å²) < 4.78 is 25.0. The first-order valence-electron chi connectivity index (χ1n) is 7.12. The summed E-state index contributed by atoms with van der Waals surface area (Å²) >= 11 is 1.44. The molecule has 0 bridgehead atoms.